The van der Waals surface area contributed by atoms with Crippen LogP contribution >= 0.6 is 11.6 Å². The molecule has 0 bridgehead atoms. The van der Waals surface area contributed by atoms with Crippen molar-refractivity contribution in [3.05, 3.63) is 83.4 Å². The predicted octanol–water partition coefficient (Wildman–Crippen LogP) is 4.50. The van der Waals surface area contributed by atoms with Crippen molar-refractivity contribution >= 4 is 11.6 Å². The minimum absolute atomic E-state index is 0.0948. The number of methoxy groups -OCH3 is 1. The monoisotopic (exact) mass is 342 g/mol. The van der Waals surface area contributed by atoms with Gasteiger partial charge in [0.2, 0.25) is 0 Å². The van der Waals surface area contributed by atoms with E-state index in [1.807, 2.05) is 59.3 Å². The molecule has 24 heavy (non-hydrogen) atoms. The van der Waals surface area contributed by atoms with Crippen molar-refractivity contribution in [2.75, 3.05) is 7.11 Å². The molecule has 2 aromatic carbocycles. The van der Waals surface area contributed by atoms with Crippen LogP contribution in [0, 0.1) is 0 Å². The number of imidazole rings is 1. The minimum atomic E-state index is -0.0948. The number of hydrogen-bond donors (Lipinski definition) is 0. The molecule has 0 saturated carbocycles. The third kappa shape index (κ3) is 4.37. The number of aromatic nitrogens is 2. The van der Waals surface area contributed by atoms with Crippen LogP contribution in [-0.2, 0) is 17.9 Å². The second-order valence-electron chi connectivity index (χ2n) is 5.46. The van der Waals surface area contributed by atoms with Crippen LogP contribution in [0.3, 0.4) is 0 Å². The van der Waals surface area contributed by atoms with E-state index in [4.69, 9.17) is 21.1 Å². The molecule has 124 valence electrons. The van der Waals surface area contributed by atoms with Crippen LogP contribution in [0.25, 0.3) is 0 Å². The summed E-state index contributed by atoms with van der Waals surface area (Å²) >= 11 is 6.00. The zero-order chi connectivity index (χ0) is 16.8. The maximum absolute atomic E-state index is 6.18. The Morgan fingerprint density at radius 2 is 2.00 bits per heavy atom. The molecule has 0 radical (unpaired) electrons. The van der Waals surface area contributed by atoms with Crippen LogP contribution in [0.15, 0.2) is 67.3 Å². The van der Waals surface area contributed by atoms with Crippen molar-refractivity contribution in [2.24, 2.45) is 0 Å². The summed E-state index contributed by atoms with van der Waals surface area (Å²) in [6.07, 6.45) is 5.39. The van der Waals surface area contributed by atoms with Crippen molar-refractivity contribution in [2.45, 2.75) is 19.3 Å². The topological polar surface area (TPSA) is 36.3 Å². The number of nitrogens with zero attached hydrogens (tertiary/aromatic N) is 2. The van der Waals surface area contributed by atoms with Gasteiger partial charge in [0.25, 0.3) is 0 Å². The van der Waals surface area contributed by atoms with Crippen molar-refractivity contribution in [1.82, 2.24) is 9.55 Å². The van der Waals surface area contributed by atoms with Gasteiger partial charge in [0.1, 0.15) is 11.9 Å². The van der Waals surface area contributed by atoms with E-state index < -0.39 is 0 Å². The first-order chi connectivity index (χ1) is 11.7. The summed E-state index contributed by atoms with van der Waals surface area (Å²) in [4.78, 5) is 4.09. The zero-order valence-corrected chi connectivity index (χ0v) is 14.2. The van der Waals surface area contributed by atoms with Crippen LogP contribution < -0.4 is 4.74 Å². The first-order valence-corrected chi connectivity index (χ1v) is 8.08. The smallest absolute Gasteiger partial charge is 0.119 e. The van der Waals surface area contributed by atoms with Gasteiger partial charge >= 0.3 is 0 Å². The molecule has 0 N–H and O–H groups in total. The highest BCUT2D eigenvalue weighted by atomic mass is 35.5. The molecule has 1 atom stereocenters. The normalized spacial score (nSPS) is 12.1. The Morgan fingerprint density at radius 3 is 2.71 bits per heavy atom. The Labute approximate surface area is 146 Å². The molecule has 5 heteroatoms. The Morgan fingerprint density at radius 1 is 1.17 bits per heavy atom. The molecule has 1 aromatic heterocycles. The van der Waals surface area contributed by atoms with Crippen LogP contribution in [0.1, 0.15) is 17.2 Å². The van der Waals surface area contributed by atoms with Crippen LogP contribution in [-0.4, -0.2) is 16.7 Å². The molecule has 0 fully saturated rings. The second-order valence-corrected chi connectivity index (χ2v) is 5.90. The first-order valence-electron chi connectivity index (χ1n) is 7.70. The Hall–Kier alpha value is -2.30. The van der Waals surface area contributed by atoms with E-state index >= 15 is 0 Å². The second kappa shape index (κ2) is 7.99. The van der Waals surface area contributed by atoms with Crippen LogP contribution in [0.4, 0.5) is 0 Å². The molecular formula is C19H19ClN2O2. The average Bonchev–Trinajstić information content (AvgIpc) is 3.13. The quantitative estimate of drug-likeness (QED) is 0.634. The number of rotatable bonds is 7. The van der Waals surface area contributed by atoms with Crippen molar-refractivity contribution < 1.29 is 9.47 Å². The van der Waals surface area contributed by atoms with Gasteiger partial charge in [-0.25, -0.2) is 4.98 Å². The van der Waals surface area contributed by atoms with E-state index in [2.05, 4.69) is 4.98 Å². The van der Waals surface area contributed by atoms with E-state index in [9.17, 15) is 0 Å². The molecule has 1 heterocycles. The Bertz CT molecular complexity index is 757. The van der Waals surface area contributed by atoms with Gasteiger partial charge in [-0.15, -0.1) is 0 Å². The van der Waals surface area contributed by atoms with Gasteiger partial charge in [-0.1, -0.05) is 35.9 Å². The van der Waals surface area contributed by atoms with Gasteiger partial charge in [0.05, 0.1) is 26.6 Å². The van der Waals surface area contributed by atoms with Gasteiger partial charge in [-0.3, -0.25) is 0 Å². The van der Waals surface area contributed by atoms with Gasteiger partial charge in [-0.2, -0.15) is 0 Å². The van der Waals surface area contributed by atoms with E-state index in [-0.39, 0.29) is 6.10 Å². The van der Waals surface area contributed by atoms with Crippen molar-refractivity contribution in [3.63, 3.8) is 0 Å². The van der Waals surface area contributed by atoms with E-state index in [0.717, 1.165) is 16.9 Å². The zero-order valence-electron chi connectivity index (χ0n) is 13.4. The first kappa shape index (κ1) is 16.6. The highest BCUT2D eigenvalue weighted by molar-refractivity contribution is 6.30. The fraction of sp³-hybridized carbons (Fsp3) is 0.211. The molecule has 0 spiro atoms. The molecule has 1 unspecified atom stereocenters. The number of hydrogen-bond acceptors (Lipinski definition) is 3. The summed E-state index contributed by atoms with van der Waals surface area (Å²) in [5.41, 5.74) is 2.15. The summed E-state index contributed by atoms with van der Waals surface area (Å²) in [5.74, 6) is 0.828. The maximum atomic E-state index is 6.18. The Kier molecular flexibility index (Phi) is 5.51. The van der Waals surface area contributed by atoms with E-state index in [1.54, 1.807) is 19.6 Å². The van der Waals surface area contributed by atoms with Gasteiger partial charge < -0.3 is 14.0 Å². The predicted molar refractivity (Wildman–Crippen MR) is 94.2 cm³/mol. The molecule has 4 nitrogen and oxygen atoms in total. The summed E-state index contributed by atoms with van der Waals surface area (Å²) in [6, 6.07) is 15.6. The fourth-order valence-electron chi connectivity index (χ4n) is 2.48. The van der Waals surface area contributed by atoms with Crippen LogP contribution in [0.5, 0.6) is 5.75 Å². The largest absolute Gasteiger partial charge is 0.497 e. The lowest BCUT2D eigenvalue weighted by Crippen LogP contribution is -2.12. The van der Waals surface area contributed by atoms with Gasteiger partial charge in [0, 0.05) is 17.4 Å². The lowest BCUT2D eigenvalue weighted by Gasteiger charge is -2.19. The minimum Gasteiger partial charge on any atom is -0.497 e. The molecule has 0 amide bonds. The molecule has 0 saturated heterocycles. The molecule has 3 aromatic rings. The summed E-state index contributed by atoms with van der Waals surface area (Å²) in [7, 11) is 1.66. The van der Waals surface area contributed by atoms with E-state index in [1.165, 1.54) is 0 Å². The third-order valence-corrected chi connectivity index (χ3v) is 4.01. The van der Waals surface area contributed by atoms with Gasteiger partial charge in [-0.05, 0) is 35.4 Å². The summed E-state index contributed by atoms with van der Waals surface area (Å²) < 4.78 is 13.4. The molecular weight excluding hydrogens is 324 g/mol. The van der Waals surface area contributed by atoms with Gasteiger partial charge in [0.15, 0.2) is 0 Å². The van der Waals surface area contributed by atoms with E-state index in [0.29, 0.717) is 18.2 Å². The highest BCUT2D eigenvalue weighted by Crippen LogP contribution is 2.24. The lowest BCUT2D eigenvalue weighted by molar-refractivity contribution is 0.0279. The molecule has 0 aliphatic heterocycles. The molecule has 0 aliphatic rings. The number of halogens is 1. The number of ether oxygens (including phenoxy) is 2. The molecule has 3 rings (SSSR count). The third-order valence-electron chi connectivity index (χ3n) is 3.76. The van der Waals surface area contributed by atoms with Crippen molar-refractivity contribution in [3.8, 4) is 5.75 Å². The Balaban J connectivity index is 1.75. The standard InChI is InChI=1S/C19H19ClN2O2/c1-23-18-4-2-3-15(11-18)13-24-19(12-22-10-9-21-14-22)16-5-7-17(20)8-6-16/h2-11,14,19H,12-13H2,1H3. The molecule has 0 aliphatic carbocycles. The summed E-state index contributed by atoms with van der Waals surface area (Å²) in [5, 5.41) is 0.716. The number of benzene rings is 2. The lowest BCUT2D eigenvalue weighted by atomic mass is 10.1. The SMILES string of the molecule is COc1cccc(COC(Cn2ccnc2)c2ccc(Cl)cc2)c1. The van der Waals surface area contributed by atoms with Crippen molar-refractivity contribution in [1.29, 1.82) is 0 Å². The average molecular weight is 343 g/mol. The highest BCUT2D eigenvalue weighted by Gasteiger charge is 2.13. The maximum Gasteiger partial charge on any atom is 0.119 e. The fourth-order valence-corrected chi connectivity index (χ4v) is 2.60. The summed E-state index contributed by atoms with van der Waals surface area (Å²) in [6.45, 7) is 1.19. The van der Waals surface area contributed by atoms with Crippen LogP contribution in [0.2, 0.25) is 5.02 Å².